The van der Waals surface area contributed by atoms with Crippen molar-refractivity contribution < 1.29 is 14.0 Å². The predicted octanol–water partition coefficient (Wildman–Crippen LogP) is 3.97. The molecule has 2 aromatic carbocycles. The number of halogens is 2. The highest BCUT2D eigenvalue weighted by atomic mass is 35.5. The molecule has 2 N–H and O–H groups in total. The van der Waals surface area contributed by atoms with Crippen molar-refractivity contribution in [2.75, 3.05) is 10.6 Å². The summed E-state index contributed by atoms with van der Waals surface area (Å²) in [6.45, 7) is 0.412. The van der Waals surface area contributed by atoms with Crippen molar-refractivity contribution in [3.8, 4) is 5.69 Å². The number of benzene rings is 2. The van der Waals surface area contributed by atoms with Gasteiger partial charge in [-0.1, -0.05) is 17.7 Å². The molecule has 5 rings (SSSR count). The van der Waals surface area contributed by atoms with Gasteiger partial charge in [-0.15, -0.1) is 0 Å². The van der Waals surface area contributed by atoms with Gasteiger partial charge in [0.05, 0.1) is 29.5 Å². The van der Waals surface area contributed by atoms with Gasteiger partial charge < -0.3 is 15.2 Å². The topological polar surface area (TPSA) is 98.0 Å². The van der Waals surface area contributed by atoms with Crippen LogP contribution in [-0.2, 0) is 16.1 Å². The van der Waals surface area contributed by atoms with Crippen LogP contribution in [-0.4, -0.2) is 25.9 Å². The fourth-order valence-electron chi connectivity index (χ4n) is 4.33. The standard InChI is InChI=1S/C26H21ClFN5O3/c27-16-4-6-17(7-5-16)30-25(35)23-19(14-32-12-10-29-15-32)24(23)26(36)31-21-9-8-18(13-20(21)28)33-11-2-1-3-22(33)34/h1-13,15,19,23-24H,14H2,(H,30,35)(H,31,36)/t19-,23-,24+/m0/s1. The highest BCUT2D eigenvalue weighted by Gasteiger charge is 2.58. The SMILES string of the molecule is O=C(Nc1ccc(-n2ccccc2=O)cc1F)[C@@H]1[C@@H](Cn2ccnc2)[C@@H]1C(=O)Nc1ccc(Cl)cc1. The number of aromatic nitrogens is 3. The number of nitrogens with one attached hydrogen (secondary N) is 2. The van der Waals surface area contributed by atoms with Gasteiger partial charge in [0.25, 0.3) is 5.56 Å². The number of anilines is 2. The first-order chi connectivity index (χ1) is 17.4. The highest BCUT2D eigenvalue weighted by molar-refractivity contribution is 6.30. The Morgan fingerprint density at radius 2 is 1.72 bits per heavy atom. The minimum Gasteiger partial charge on any atom is -0.337 e. The van der Waals surface area contributed by atoms with Crippen LogP contribution in [0.15, 0.2) is 90.4 Å². The van der Waals surface area contributed by atoms with Gasteiger partial charge in [0.1, 0.15) is 5.82 Å². The molecule has 0 saturated heterocycles. The van der Waals surface area contributed by atoms with Crippen LogP contribution in [0, 0.1) is 23.6 Å². The lowest BCUT2D eigenvalue weighted by Gasteiger charge is -2.10. The second-order valence-corrected chi connectivity index (χ2v) is 8.97. The molecule has 10 heteroatoms. The Labute approximate surface area is 210 Å². The second kappa shape index (κ2) is 9.79. The molecule has 8 nitrogen and oxygen atoms in total. The van der Waals surface area contributed by atoms with Gasteiger partial charge in [-0.3, -0.25) is 19.0 Å². The molecular formula is C26H21ClFN5O3. The molecule has 1 aliphatic carbocycles. The molecular weight excluding hydrogens is 485 g/mol. The molecule has 1 saturated carbocycles. The number of imidazole rings is 1. The van der Waals surface area contributed by atoms with E-state index in [0.717, 1.165) is 0 Å². The Bertz CT molecular complexity index is 1470. The molecule has 0 aliphatic heterocycles. The second-order valence-electron chi connectivity index (χ2n) is 8.53. The number of rotatable bonds is 7. The maximum absolute atomic E-state index is 14.9. The van der Waals surface area contributed by atoms with Crippen LogP contribution in [0.25, 0.3) is 5.69 Å². The molecule has 3 atom stereocenters. The van der Waals surface area contributed by atoms with Crippen LogP contribution >= 0.6 is 11.6 Å². The van der Waals surface area contributed by atoms with E-state index in [0.29, 0.717) is 22.9 Å². The summed E-state index contributed by atoms with van der Waals surface area (Å²) < 4.78 is 18.0. The van der Waals surface area contributed by atoms with Gasteiger partial charge in [0.2, 0.25) is 11.8 Å². The monoisotopic (exact) mass is 505 g/mol. The number of hydrogen-bond donors (Lipinski definition) is 2. The first-order valence-corrected chi connectivity index (χ1v) is 11.6. The average Bonchev–Trinajstić information content (AvgIpc) is 3.33. The third-order valence-corrected chi connectivity index (χ3v) is 6.43. The van der Waals surface area contributed by atoms with E-state index in [4.69, 9.17) is 11.6 Å². The molecule has 0 radical (unpaired) electrons. The summed E-state index contributed by atoms with van der Waals surface area (Å²) in [5.74, 6) is -3.01. The number of carbonyl (C=O) groups excluding carboxylic acids is 2. The van der Waals surface area contributed by atoms with Crippen molar-refractivity contribution in [1.82, 2.24) is 14.1 Å². The van der Waals surface area contributed by atoms with Gasteiger partial charge in [-0.25, -0.2) is 9.37 Å². The van der Waals surface area contributed by atoms with Crippen LogP contribution in [0.3, 0.4) is 0 Å². The van der Waals surface area contributed by atoms with E-state index in [9.17, 15) is 18.8 Å². The minimum absolute atomic E-state index is 0.0297. The van der Waals surface area contributed by atoms with Crippen molar-refractivity contribution in [2.45, 2.75) is 6.54 Å². The van der Waals surface area contributed by atoms with Crippen LogP contribution in [0.2, 0.25) is 5.02 Å². The minimum atomic E-state index is -0.689. The Hall–Kier alpha value is -4.24. The maximum Gasteiger partial charge on any atom is 0.255 e. The van der Waals surface area contributed by atoms with E-state index in [1.165, 1.54) is 29.0 Å². The van der Waals surface area contributed by atoms with Crippen LogP contribution in [0.1, 0.15) is 0 Å². The van der Waals surface area contributed by atoms with E-state index < -0.39 is 23.6 Å². The quantitative estimate of drug-likeness (QED) is 0.397. The molecule has 2 heterocycles. The summed E-state index contributed by atoms with van der Waals surface area (Å²) in [6.07, 6.45) is 6.52. The summed E-state index contributed by atoms with van der Waals surface area (Å²) in [6, 6.07) is 15.4. The molecule has 36 heavy (non-hydrogen) atoms. The van der Waals surface area contributed by atoms with E-state index in [1.54, 1.807) is 65.8 Å². The van der Waals surface area contributed by atoms with Crippen molar-refractivity contribution in [1.29, 1.82) is 0 Å². The fraction of sp³-hybridized carbons (Fsp3) is 0.154. The van der Waals surface area contributed by atoms with Crippen LogP contribution in [0.4, 0.5) is 15.8 Å². The number of amides is 2. The van der Waals surface area contributed by atoms with E-state index in [1.807, 2.05) is 0 Å². The summed E-state index contributed by atoms with van der Waals surface area (Å²) >= 11 is 5.91. The number of nitrogens with zero attached hydrogens (tertiary/aromatic N) is 3. The summed E-state index contributed by atoms with van der Waals surface area (Å²) in [7, 11) is 0. The van der Waals surface area contributed by atoms with E-state index >= 15 is 0 Å². The largest absolute Gasteiger partial charge is 0.337 e. The summed E-state index contributed by atoms with van der Waals surface area (Å²) in [5, 5.41) is 5.97. The average molecular weight is 506 g/mol. The first kappa shape index (κ1) is 23.5. The van der Waals surface area contributed by atoms with Crippen molar-refractivity contribution in [2.24, 2.45) is 17.8 Å². The third kappa shape index (κ3) is 4.92. The summed E-state index contributed by atoms with van der Waals surface area (Å²) in [5.41, 5.74) is 0.566. The van der Waals surface area contributed by atoms with Crippen molar-refractivity contribution in [3.05, 3.63) is 107 Å². The fourth-order valence-corrected chi connectivity index (χ4v) is 4.45. The van der Waals surface area contributed by atoms with E-state index in [-0.39, 0.29) is 23.1 Å². The molecule has 0 unspecified atom stereocenters. The predicted molar refractivity (Wildman–Crippen MR) is 133 cm³/mol. The number of carbonyl (C=O) groups is 2. The number of hydrogen-bond acceptors (Lipinski definition) is 4. The van der Waals surface area contributed by atoms with E-state index in [2.05, 4.69) is 15.6 Å². The molecule has 0 spiro atoms. The zero-order chi connectivity index (χ0) is 25.2. The molecule has 2 amide bonds. The van der Waals surface area contributed by atoms with Crippen LogP contribution in [0.5, 0.6) is 0 Å². The molecule has 1 aliphatic rings. The normalized spacial score (nSPS) is 18.4. The van der Waals surface area contributed by atoms with Crippen molar-refractivity contribution in [3.63, 3.8) is 0 Å². The number of pyridine rings is 1. The highest BCUT2D eigenvalue weighted by Crippen LogP contribution is 2.49. The molecule has 0 bridgehead atoms. The van der Waals surface area contributed by atoms with Crippen molar-refractivity contribution >= 4 is 34.8 Å². The lowest BCUT2D eigenvalue weighted by atomic mass is 10.2. The Balaban J connectivity index is 1.33. The Morgan fingerprint density at radius 3 is 2.39 bits per heavy atom. The Kier molecular flexibility index (Phi) is 6.39. The first-order valence-electron chi connectivity index (χ1n) is 11.2. The Morgan fingerprint density at radius 1 is 0.972 bits per heavy atom. The molecule has 4 aromatic rings. The zero-order valence-electron chi connectivity index (χ0n) is 18.8. The van der Waals surface area contributed by atoms with Gasteiger partial charge in [-0.2, -0.15) is 0 Å². The molecule has 182 valence electrons. The maximum atomic E-state index is 14.9. The lowest BCUT2D eigenvalue weighted by Crippen LogP contribution is -2.21. The zero-order valence-corrected chi connectivity index (χ0v) is 19.6. The van der Waals surface area contributed by atoms with Crippen LogP contribution < -0.4 is 16.2 Å². The third-order valence-electron chi connectivity index (χ3n) is 6.18. The summed E-state index contributed by atoms with van der Waals surface area (Å²) in [4.78, 5) is 42.2. The van der Waals surface area contributed by atoms with Gasteiger partial charge >= 0.3 is 0 Å². The molecule has 1 fully saturated rings. The molecule has 2 aromatic heterocycles. The van der Waals surface area contributed by atoms with Gasteiger partial charge in [-0.05, 0) is 42.5 Å². The lowest BCUT2D eigenvalue weighted by molar-refractivity contribution is -0.122. The van der Waals surface area contributed by atoms with Gasteiger partial charge in [0, 0.05) is 53.9 Å². The smallest absolute Gasteiger partial charge is 0.255 e. The van der Waals surface area contributed by atoms with Gasteiger partial charge in [0.15, 0.2) is 0 Å².